The van der Waals surface area contributed by atoms with Crippen LogP contribution in [0, 0.1) is 0 Å². The zero-order valence-corrected chi connectivity index (χ0v) is 12.7. The Kier molecular flexibility index (Phi) is 4.22. The molecule has 0 fully saturated rings. The topological polar surface area (TPSA) is 105 Å². The first-order valence-corrected chi connectivity index (χ1v) is 7.99. The fourth-order valence-electron chi connectivity index (χ4n) is 1.83. The molecule has 0 radical (unpaired) electrons. The lowest BCUT2D eigenvalue weighted by Crippen LogP contribution is -2.48. The maximum Gasteiger partial charge on any atom is 0.262 e. The number of hydrogen-bond donors (Lipinski definition) is 3. The van der Waals surface area contributed by atoms with Gasteiger partial charge in [0.1, 0.15) is 5.75 Å². The molecule has 1 aromatic rings. The highest BCUT2D eigenvalue weighted by molar-refractivity contribution is 7.89. The van der Waals surface area contributed by atoms with Crippen LogP contribution in [0.1, 0.15) is 20.3 Å². The van der Waals surface area contributed by atoms with Gasteiger partial charge in [0, 0.05) is 0 Å². The first-order chi connectivity index (χ1) is 9.79. The minimum atomic E-state index is -3.81. The largest absolute Gasteiger partial charge is 0.482 e. The van der Waals surface area contributed by atoms with Crippen molar-refractivity contribution in [1.29, 1.82) is 0 Å². The Bertz CT molecular complexity index is 653. The monoisotopic (exact) mass is 314 g/mol. The number of aliphatic hydroxyl groups is 1. The number of aliphatic hydroxyl groups excluding tert-OH is 1. The second-order valence-electron chi connectivity index (χ2n) is 5.17. The van der Waals surface area contributed by atoms with Crippen LogP contribution in [-0.2, 0) is 14.8 Å². The maximum atomic E-state index is 12.4. The zero-order valence-electron chi connectivity index (χ0n) is 11.8. The first kappa shape index (κ1) is 15.7. The molecular weight excluding hydrogens is 296 g/mol. The van der Waals surface area contributed by atoms with Crippen molar-refractivity contribution in [2.75, 3.05) is 18.5 Å². The van der Waals surface area contributed by atoms with Crippen LogP contribution >= 0.6 is 0 Å². The fourth-order valence-corrected chi connectivity index (χ4v) is 3.32. The van der Waals surface area contributed by atoms with Crippen LogP contribution in [0.15, 0.2) is 23.1 Å². The summed E-state index contributed by atoms with van der Waals surface area (Å²) < 4.78 is 32.4. The normalized spacial score (nSPS) is 17.4. The number of amides is 1. The molecule has 2 rings (SSSR count). The van der Waals surface area contributed by atoms with Gasteiger partial charge < -0.3 is 15.2 Å². The smallest absolute Gasteiger partial charge is 0.262 e. The minimum absolute atomic E-state index is 0.000162. The average Bonchev–Trinajstić information content (AvgIpc) is 2.45. The van der Waals surface area contributed by atoms with E-state index in [9.17, 15) is 18.3 Å². The van der Waals surface area contributed by atoms with E-state index in [0.717, 1.165) is 0 Å². The van der Waals surface area contributed by atoms with E-state index in [1.807, 2.05) is 0 Å². The van der Waals surface area contributed by atoms with Gasteiger partial charge in [-0.15, -0.1) is 0 Å². The predicted octanol–water partition coefficient (Wildman–Crippen LogP) is 0.457. The number of fused-ring (bicyclic) bond motifs is 1. The summed E-state index contributed by atoms with van der Waals surface area (Å²) in [5.41, 5.74) is -0.620. The van der Waals surface area contributed by atoms with Crippen molar-refractivity contribution in [2.45, 2.75) is 30.7 Å². The van der Waals surface area contributed by atoms with Crippen molar-refractivity contribution in [2.24, 2.45) is 0 Å². The summed E-state index contributed by atoms with van der Waals surface area (Å²) in [6.45, 7) is 3.00. The van der Waals surface area contributed by atoms with E-state index in [2.05, 4.69) is 10.0 Å². The first-order valence-electron chi connectivity index (χ1n) is 6.51. The molecular formula is C13H18N2O5S. The molecule has 0 aromatic heterocycles. The lowest BCUT2D eigenvalue weighted by molar-refractivity contribution is -0.118. The molecule has 0 aliphatic carbocycles. The molecule has 7 nitrogen and oxygen atoms in total. The number of nitrogens with one attached hydrogen (secondary N) is 2. The van der Waals surface area contributed by atoms with Gasteiger partial charge in [-0.25, -0.2) is 13.1 Å². The van der Waals surface area contributed by atoms with Gasteiger partial charge in [-0.1, -0.05) is 6.92 Å². The quantitative estimate of drug-likeness (QED) is 0.732. The van der Waals surface area contributed by atoms with Gasteiger partial charge in [-0.2, -0.15) is 0 Å². The molecule has 1 aliphatic heterocycles. The van der Waals surface area contributed by atoms with Crippen LogP contribution < -0.4 is 14.8 Å². The van der Waals surface area contributed by atoms with Crippen LogP contribution in [0.3, 0.4) is 0 Å². The minimum Gasteiger partial charge on any atom is -0.482 e. The van der Waals surface area contributed by atoms with E-state index in [0.29, 0.717) is 17.9 Å². The summed E-state index contributed by atoms with van der Waals surface area (Å²) in [5.74, 6) is 0.0905. The predicted molar refractivity (Wildman–Crippen MR) is 76.7 cm³/mol. The standard InChI is InChI=1S/C13H18N2O5S/c1-3-13(2,8-16)15-21(18,19)9-4-5-11-10(6-9)14-12(17)7-20-11/h4-6,15-16H,3,7-8H2,1-2H3,(H,14,17). The van der Waals surface area contributed by atoms with Gasteiger partial charge in [-0.3, -0.25) is 4.79 Å². The third-order valence-electron chi connectivity index (χ3n) is 3.40. The lowest BCUT2D eigenvalue weighted by Gasteiger charge is -2.27. The Labute approximate surface area is 123 Å². The summed E-state index contributed by atoms with van der Waals surface area (Å²) in [4.78, 5) is 11.3. The van der Waals surface area contributed by atoms with Crippen LogP contribution in [-0.4, -0.2) is 38.2 Å². The fraction of sp³-hybridized carbons (Fsp3) is 0.462. The summed E-state index contributed by atoms with van der Waals surface area (Å²) >= 11 is 0. The molecule has 8 heteroatoms. The highest BCUT2D eigenvalue weighted by Crippen LogP contribution is 2.30. The SMILES string of the molecule is CCC(C)(CO)NS(=O)(=O)c1ccc2c(c1)NC(=O)CO2. The number of anilines is 1. The summed E-state index contributed by atoms with van der Waals surface area (Å²) in [6, 6.07) is 4.22. The second kappa shape index (κ2) is 5.63. The number of carbonyl (C=O) groups excluding carboxylic acids is 1. The molecule has 116 valence electrons. The zero-order chi connectivity index (χ0) is 15.7. The van der Waals surface area contributed by atoms with E-state index in [1.54, 1.807) is 13.8 Å². The number of rotatable bonds is 5. The van der Waals surface area contributed by atoms with Gasteiger partial charge in [0.25, 0.3) is 5.91 Å². The van der Waals surface area contributed by atoms with Gasteiger partial charge in [-0.05, 0) is 31.5 Å². The molecule has 1 amide bonds. The highest BCUT2D eigenvalue weighted by Gasteiger charge is 2.29. The second-order valence-corrected chi connectivity index (χ2v) is 6.86. The number of sulfonamides is 1. The Hall–Kier alpha value is -1.64. The van der Waals surface area contributed by atoms with E-state index in [1.165, 1.54) is 18.2 Å². The van der Waals surface area contributed by atoms with Gasteiger partial charge in [0.2, 0.25) is 10.0 Å². The molecule has 1 heterocycles. The molecule has 1 aliphatic rings. The molecule has 0 saturated carbocycles. The van der Waals surface area contributed by atoms with Crippen molar-refractivity contribution < 1.29 is 23.1 Å². The number of carbonyl (C=O) groups is 1. The lowest BCUT2D eigenvalue weighted by atomic mass is 10.0. The van der Waals surface area contributed by atoms with Gasteiger partial charge in [0.05, 0.1) is 22.7 Å². The van der Waals surface area contributed by atoms with Crippen molar-refractivity contribution in [3.05, 3.63) is 18.2 Å². The Morgan fingerprint density at radius 2 is 2.19 bits per heavy atom. The molecule has 0 bridgehead atoms. The van der Waals surface area contributed by atoms with Crippen molar-refractivity contribution in [3.8, 4) is 5.75 Å². The summed E-state index contributed by atoms with van der Waals surface area (Å²) in [5, 5.41) is 11.9. The average molecular weight is 314 g/mol. The third-order valence-corrected chi connectivity index (χ3v) is 5.04. The van der Waals surface area contributed by atoms with Gasteiger partial charge in [0.15, 0.2) is 6.61 Å². The summed E-state index contributed by atoms with van der Waals surface area (Å²) in [7, 11) is -3.81. The molecule has 21 heavy (non-hydrogen) atoms. The van der Waals surface area contributed by atoms with Crippen LogP contribution in [0.25, 0.3) is 0 Å². The maximum absolute atomic E-state index is 12.4. The molecule has 1 unspecified atom stereocenters. The Morgan fingerprint density at radius 1 is 1.48 bits per heavy atom. The Morgan fingerprint density at radius 3 is 2.81 bits per heavy atom. The van der Waals surface area contributed by atoms with Crippen LogP contribution in [0.2, 0.25) is 0 Å². The molecule has 0 saturated heterocycles. The highest BCUT2D eigenvalue weighted by atomic mass is 32.2. The molecule has 1 atom stereocenters. The van der Waals surface area contributed by atoms with E-state index in [4.69, 9.17) is 4.74 Å². The van der Waals surface area contributed by atoms with Crippen molar-refractivity contribution in [3.63, 3.8) is 0 Å². The van der Waals surface area contributed by atoms with Crippen molar-refractivity contribution >= 4 is 21.6 Å². The molecule has 3 N–H and O–H groups in total. The summed E-state index contributed by atoms with van der Waals surface area (Å²) in [6.07, 6.45) is 0.438. The van der Waals surface area contributed by atoms with Gasteiger partial charge >= 0.3 is 0 Å². The third kappa shape index (κ3) is 3.34. The number of hydrogen-bond acceptors (Lipinski definition) is 5. The van der Waals surface area contributed by atoms with E-state index < -0.39 is 15.6 Å². The number of benzene rings is 1. The van der Waals surface area contributed by atoms with E-state index >= 15 is 0 Å². The molecule has 0 spiro atoms. The van der Waals surface area contributed by atoms with Crippen LogP contribution in [0.4, 0.5) is 5.69 Å². The number of ether oxygens (including phenoxy) is 1. The Balaban J connectivity index is 2.33. The van der Waals surface area contributed by atoms with Crippen molar-refractivity contribution in [1.82, 2.24) is 4.72 Å². The van der Waals surface area contributed by atoms with E-state index in [-0.39, 0.29) is 24.0 Å². The van der Waals surface area contributed by atoms with Crippen LogP contribution in [0.5, 0.6) is 5.75 Å². The molecule has 1 aromatic carbocycles.